The van der Waals surface area contributed by atoms with Gasteiger partial charge in [0.05, 0.1) is 0 Å². The minimum atomic E-state index is -0.610. The molecule has 0 bridgehead atoms. The van der Waals surface area contributed by atoms with Crippen LogP contribution in [0.5, 0.6) is 0 Å². The van der Waals surface area contributed by atoms with Crippen molar-refractivity contribution in [2.45, 2.75) is 39.0 Å². The maximum absolute atomic E-state index is 5.33. The Morgan fingerprint density at radius 2 is 1.33 bits per heavy atom. The zero-order chi connectivity index (χ0) is 9.98. The molecule has 0 heterocycles. The topological polar surface area (TPSA) is 18.5 Å². The van der Waals surface area contributed by atoms with E-state index in [1.165, 1.54) is 12.1 Å². The van der Waals surface area contributed by atoms with Gasteiger partial charge >= 0.3 is 0 Å². The fraction of sp³-hybridized carbons (Fsp3) is 1.00. The average Bonchev–Trinajstić information content (AvgIpc) is 2.09. The van der Waals surface area contributed by atoms with Crippen LogP contribution in [0.4, 0.5) is 0 Å². The first kappa shape index (κ1) is 15.3. The molecule has 0 aliphatic rings. The third kappa shape index (κ3) is 13.4. The van der Waals surface area contributed by atoms with Gasteiger partial charge in [-0.25, -0.2) is 0 Å². The van der Waals surface area contributed by atoms with Crippen LogP contribution in [0.25, 0.3) is 0 Å². The molecule has 0 aromatic rings. The predicted molar refractivity (Wildman–Crippen MR) is 69.0 cm³/mol. The minimum absolute atomic E-state index is 0.588. The number of hydrogen-bond donors (Lipinski definition) is 0. The molecule has 2 nitrogen and oxygen atoms in total. The highest BCUT2D eigenvalue weighted by Gasteiger charge is 1.99. The summed E-state index contributed by atoms with van der Waals surface area (Å²) in [6.07, 6.45) is 0. The largest absolute Gasteiger partial charge is 0.466 e. The molecule has 0 unspecified atom stereocenters. The van der Waals surface area contributed by atoms with E-state index in [0.717, 1.165) is 21.0 Å². The lowest BCUT2D eigenvalue weighted by molar-refractivity contribution is 0.629. The Hall–Kier alpha value is 0.788. The first-order chi connectivity index (χ1) is 5.62. The van der Waals surface area contributed by atoms with Gasteiger partial charge in [0.1, 0.15) is 21.0 Å². The molecule has 0 N–H and O–H groups in total. The molecule has 12 heavy (non-hydrogen) atoms. The Morgan fingerprint density at radius 3 is 1.33 bits per heavy atom. The molecular weight excluding hydrogens is 216 g/mol. The Kier molecular flexibility index (Phi) is 15.0. The van der Waals surface area contributed by atoms with Gasteiger partial charge in [-0.15, -0.1) is 0 Å². The Morgan fingerprint density at radius 1 is 1.00 bits per heavy atom. The van der Waals surface area contributed by atoms with Crippen molar-refractivity contribution in [3.8, 4) is 0 Å². The molecule has 0 spiro atoms. The SMILES string of the molecule is CC[SiH](CC)O[SiH3].C[SiH](C)O[SiH3]. The van der Waals surface area contributed by atoms with E-state index in [0.29, 0.717) is 0 Å². The van der Waals surface area contributed by atoms with Crippen molar-refractivity contribution in [3.63, 3.8) is 0 Å². The predicted octanol–water partition coefficient (Wildman–Crippen LogP) is -0.686. The van der Waals surface area contributed by atoms with Gasteiger partial charge in [0.25, 0.3) is 0 Å². The van der Waals surface area contributed by atoms with Crippen LogP contribution in [-0.2, 0) is 8.23 Å². The van der Waals surface area contributed by atoms with Crippen LogP contribution in [-0.4, -0.2) is 39.1 Å². The third-order valence-corrected chi connectivity index (χ3v) is 9.97. The summed E-state index contributed by atoms with van der Waals surface area (Å²) in [6.45, 7) is 8.79. The van der Waals surface area contributed by atoms with Crippen LogP contribution in [0.2, 0.25) is 25.2 Å². The molecule has 0 aliphatic heterocycles. The van der Waals surface area contributed by atoms with Gasteiger partial charge in [-0.1, -0.05) is 13.8 Å². The van der Waals surface area contributed by atoms with Crippen molar-refractivity contribution in [3.05, 3.63) is 0 Å². The van der Waals surface area contributed by atoms with Crippen LogP contribution in [0.3, 0.4) is 0 Å². The molecule has 0 atom stereocenters. The van der Waals surface area contributed by atoms with Crippen molar-refractivity contribution in [2.24, 2.45) is 0 Å². The molecule has 0 aromatic heterocycles. The van der Waals surface area contributed by atoms with Gasteiger partial charge in [0.2, 0.25) is 0 Å². The summed E-state index contributed by atoms with van der Waals surface area (Å²) in [5, 5.41) is 0. The van der Waals surface area contributed by atoms with Gasteiger partial charge in [0, 0.05) is 0 Å². The zero-order valence-corrected chi connectivity index (χ0v) is 15.7. The summed E-state index contributed by atoms with van der Waals surface area (Å²) in [6, 6.07) is 2.61. The van der Waals surface area contributed by atoms with Crippen LogP contribution >= 0.6 is 0 Å². The first-order valence-corrected chi connectivity index (χ1v) is 11.2. The highest BCUT2D eigenvalue weighted by Crippen LogP contribution is 1.95. The van der Waals surface area contributed by atoms with Gasteiger partial charge < -0.3 is 8.23 Å². The second-order valence-electron chi connectivity index (χ2n) is 2.96. The maximum atomic E-state index is 5.33. The molecule has 0 rings (SSSR count). The van der Waals surface area contributed by atoms with Gasteiger partial charge in [-0.3, -0.25) is 0 Å². The van der Waals surface area contributed by atoms with Crippen molar-refractivity contribution in [2.75, 3.05) is 0 Å². The summed E-state index contributed by atoms with van der Waals surface area (Å²) in [5.74, 6) is 0. The molecule has 0 saturated carbocycles. The second kappa shape index (κ2) is 11.8. The van der Waals surface area contributed by atoms with Crippen molar-refractivity contribution >= 4 is 39.1 Å². The fourth-order valence-electron chi connectivity index (χ4n) is 0.622. The average molecular weight is 241 g/mol. The van der Waals surface area contributed by atoms with E-state index in [4.69, 9.17) is 8.23 Å². The molecule has 0 radical (unpaired) electrons. The number of hydrogen-bond acceptors (Lipinski definition) is 2. The molecule has 0 aliphatic carbocycles. The van der Waals surface area contributed by atoms with Crippen molar-refractivity contribution in [1.29, 1.82) is 0 Å². The summed E-state index contributed by atoms with van der Waals surface area (Å²) >= 11 is 0. The van der Waals surface area contributed by atoms with E-state index in [2.05, 4.69) is 26.9 Å². The lowest BCUT2D eigenvalue weighted by atomic mass is 11.0. The molecule has 6 heteroatoms. The Labute approximate surface area is 86.6 Å². The Balaban J connectivity index is 0. The van der Waals surface area contributed by atoms with E-state index in [-0.39, 0.29) is 0 Å². The molecule has 0 aromatic carbocycles. The van der Waals surface area contributed by atoms with E-state index < -0.39 is 18.1 Å². The van der Waals surface area contributed by atoms with Crippen molar-refractivity contribution < 1.29 is 8.23 Å². The fourth-order valence-corrected chi connectivity index (χ4v) is 3.87. The van der Waals surface area contributed by atoms with E-state index in [1.807, 2.05) is 0 Å². The maximum Gasteiger partial charge on any atom is 0.161 e. The Bertz CT molecular complexity index is 72.4. The quantitative estimate of drug-likeness (QED) is 0.606. The summed E-state index contributed by atoms with van der Waals surface area (Å²) in [4.78, 5) is 0. The van der Waals surface area contributed by atoms with Crippen LogP contribution < -0.4 is 0 Å². The number of rotatable bonds is 4. The zero-order valence-electron chi connectivity index (χ0n) is 9.39. The molecule has 76 valence electrons. The van der Waals surface area contributed by atoms with Gasteiger partial charge in [0.15, 0.2) is 18.1 Å². The molecular formula is C6H24O2Si4. The molecule has 0 fully saturated rings. The standard InChI is InChI=1S/C4H14OSi2.C2H10OSi2/c1-3-7(4-2)5-6;1-5(2)3-4/h7H,3-4H2,1-2,6H3;5H,1-2,4H3. The lowest BCUT2D eigenvalue weighted by Gasteiger charge is -2.05. The normalized spacial score (nSPS) is 10.5. The lowest BCUT2D eigenvalue weighted by Crippen LogP contribution is -2.12. The molecule has 0 saturated heterocycles. The van der Waals surface area contributed by atoms with Crippen LogP contribution in [0, 0.1) is 0 Å². The monoisotopic (exact) mass is 240 g/mol. The van der Waals surface area contributed by atoms with Crippen LogP contribution in [0.15, 0.2) is 0 Å². The first-order valence-electron chi connectivity index (χ1n) is 4.67. The highest BCUT2D eigenvalue weighted by molar-refractivity contribution is 6.55. The smallest absolute Gasteiger partial charge is 0.161 e. The summed E-state index contributed by atoms with van der Waals surface area (Å²) in [7, 11) is 0.691. The van der Waals surface area contributed by atoms with Gasteiger partial charge in [-0.2, -0.15) is 0 Å². The van der Waals surface area contributed by atoms with E-state index >= 15 is 0 Å². The minimum Gasteiger partial charge on any atom is -0.466 e. The molecule has 0 amide bonds. The third-order valence-electron chi connectivity index (χ3n) is 1.72. The van der Waals surface area contributed by atoms with Crippen LogP contribution in [0.1, 0.15) is 13.8 Å². The van der Waals surface area contributed by atoms with E-state index in [1.54, 1.807) is 0 Å². The highest BCUT2D eigenvalue weighted by atomic mass is 28.3. The van der Waals surface area contributed by atoms with Gasteiger partial charge in [-0.05, 0) is 25.2 Å². The summed E-state index contributed by atoms with van der Waals surface area (Å²) in [5.41, 5.74) is 0. The van der Waals surface area contributed by atoms with E-state index in [9.17, 15) is 0 Å². The second-order valence-corrected chi connectivity index (χ2v) is 11.7. The summed E-state index contributed by atoms with van der Waals surface area (Å²) < 4.78 is 10.4. The van der Waals surface area contributed by atoms with Crippen molar-refractivity contribution in [1.82, 2.24) is 0 Å².